The van der Waals surface area contributed by atoms with Gasteiger partial charge in [0, 0.05) is 24.9 Å². The Kier molecular flexibility index (Phi) is 5.27. The summed E-state index contributed by atoms with van der Waals surface area (Å²) in [6, 6.07) is 1.90. The van der Waals surface area contributed by atoms with Crippen LogP contribution in [-0.4, -0.2) is 33.6 Å². The fourth-order valence-electron chi connectivity index (χ4n) is 1.81. The number of ether oxygens (including phenoxy) is 1. The van der Waals surface area contributed by atoms with Gasteiger partial charge in [-0.1, -0.05) is 0 Å². The first-order valence-electron chi connectivity index (χ1n) is 6.94. The van der Waals surface area contributed by atoms with E-state index >= 15 is 0 Å². The molecule has 0 aromatic carbocycles. The molecule has 7 nitrogen and oxygen atoms in total. The van der Waals surface area contributed by atoms with Gasteiger partial charge in [0.15, 0.2) is 6.61 Å². The number of urea groups is 1. The molecule has 0 aliphatic rings. The highest BCUT2D eigenvalue weighted by Crippen LogP contribution is 2.18. The van der Waals surface area contributed by atoms with Crippen molar-refractivity contribution >= 4 is 11.7 Å². The maximum Gasteiger partial charge on any atom is 0.422 e. The number of carbonyl (C=O) groups is 1. The maximum absolute atomic E-state index is 12.0. The van der Waals surface area contributed by atoms with Crippen LogP contribution in [0.25, 0.3) is 0 Å². The van der Waals surface area contributed by atoms with Gasteiger partial charge in [-0.15, -0.1) is 0 Å². The van der Waals surface area contributed by atoms with Crippen LogP contribution in [0.15, 0.2) is 30.7 Å². The number of nitrogens with zero attached hydrogens (tertiary/aromatic N) is 3. The van der Waals surface area contributed by atoms with E-state index in [0.29, 0.717) is 5.69 Å². The van der Waals surface area contributed by atoms with Gasteiger partial charge in [0.25, 0.3) is 0 Å². The molecule has 2 amide bonds. The van der Waals surface area contributed by atoms with Crippen molar-refractivity contribution < 1.29 is 22.7 Å². The molecule has 10 heteroatoms. The molecule has 0 saturated heterocycles. The lowest BCUT2D eigenvalue weighted by molar-refractivity contribution is -0.154. The Bertz CT molecular complexity index is 684. The highest BCUT2D eigenvalue weighted by molar-refractivity contribution is 5.89. The van der Waals surface area contributed by atoms with E-state index < -0.39 is 18.8 Å². The van der Waals surface area contributed by atoms with Gasteiger partial charge in [0.1, 0.15) is 0 Å². The van der Waals surface area contributed by atoms with E-state index in [-0.39, 0.29) is 11.9 Å². The largest absolute Gasteiger partial charge is 0.468 e. The molecule has 0 fully saturated rings. The normalized spacial score (nSPS) is 12.5. The topological polar surface area (TPSA) is 81.1 Å². The summed E-state index contributed by atoms with van der Waals surface area (Å²) in [6.45, 7) is 0.374. The lowest BCUT2D eigenvalue weighted by Gasteiger charge is -2.13. The molecule has 2 heterocycles. The van der Waals surface area contributed by atoms with Crippen molar-refractivity contribution in [1.82, 2.24) is 20.1 Å². The standard InChI is InChI=1S/C14H16F3N5O2/c1-9(10-5-19-22(2)7-10)20-13(23)21-11-3-4-12(18-6-11)24-8-14(15,16)17/h3-7,9H,8H2,1-2H3,(H2,20,21,23)/t9-/m0/s1. The molecule has 0 radical (unpaired) electrons. The molecule has 2 rings (SSSR count). The number of hydrogen-bond acceptors (Lipinski definition) is 4. The van der Waals surface area contributed by atoms with Gasteiger partial charge in [-0.3, -0.25) is 4.68 Å². The number of aromatic nitrogens is 3. The maximum atomic E-state index is 12.0. The Morgan fingerprint density at radius 3 is 2.67 bits per heavy atom. The van der Waals surface area contributed by atoms with E-state index in [4.69, 9.17) is 0 Å². The average Bonchev–Trinajstić information content (AvgIpc) is 2.92. The zero-order valence-corrected chi connectivity index (χ0v) is 13.0. The first kappa shape index (κ1) is 17.6. The van der Waals surface area contributed by atoms with Crippen molar-refractivity contribution in [2.75, 3.05) is 11.9 Å². The van der Waals surface area contributed by atoms with E-state index in [2.05, 4.69) is 25.5 Å². The fraction of sp³-hybridized carbons (Fsp3) is 0.357. The van der Waals surface area contributed by atoms with Gasteiger partial charge in [-0.2, -0.15) is 18.3 Å². The van der Waals surface area contributed by atoms with Crippen LogP contribution in [0.4, 0.5) is 23.7 Å². The second kappa shape index (κ2) is 7.20. The molecular weight excluding hydrogens is 327 g/mol. The summed E-state index contributed by atoms with van der Waals surface area (Å²) in [5.74, 6) is -0.179. The van der Waals surface area contributed by atoms with E-state index in [1.54, 1.807) is 31.0 Å². The first-order chi connectivity index (χ1) is 11.2. The molecule has 2 N–H and O–H groups in total. The average molecular weight is 343 g/mol. The first-order valence-corrected chi connectivity index (χ1v) is 6.94. The van der Waals surface area contributed by atoms with Crippen LogP contribution in [0.1, 0.15) is 18.5 Å². The number of amides is 2. The van der Waals surface area contributed by atoms with E-state index in [0.717, 1.165) is 5.56 Å². The number of alkyl halides is 3. The minimum atomic E-state index is -4.43. The fourth-order valence-corrected chi connectivity index (χ4v) is 1.81. The van der Waals surface area contributed by atoms with Crippen LogP contribution in [0.2, 0.25) is 0 Å². The van der Waals surface area contributed by atoms with Crippen LogP contribution in [0, 0.1) is 0 Å². The summed E-state index contributed by atoms with van der Waals surface area (Å²) in [6.07, 6.45) is 0.194. The molecule has 24 heavy (non-hydrogen) atoms. The zero-order valence-electron chi connectivity index (χ0n) is 13.0. The van der Waals surface area contributed by atoms with Gasteiger partial charge in [-0.25, -0.2) is 9.78 Å². The zero-order chi connectivity index (χ0) is 17.7. The minimum absolute atomic E-state index is 0.179. The highest BCUT2D eigenvalue weighted by Gasteiger charge is 2.28. The van der Waals surface area contributed by atoms with E-state index in [1.165, 1.54) is 18.3 Å². The molecule has 2 aromatic rings. The third-order valence-corrected chi connectivity index (χ3v) is 2.95. The molecule has 0 saturated carbocycles. The Balaban J connectivity index is 1.85. The minimum Gasteiger partial charge on any atom is -0.468 e. The van der Waals surface area contributed by atoms with Gasteiger partial charge >= 0.3 is 12.2 Å². The Morgan fingerprint density at radius 1 is 1.38 bits per heavy atom. The third kappa shape index (κ3) is 5.45. The number of halogens is 3. The van der Waals surface area contributed by atoms with Gasteiger partial charge < -0.3 is 15.4 Å². The molecule has 0 aliphatic heterocycles. The van der Waals surface area contributed by atoms with E-state index in [9.17, 15) is 18.0 Å². The van der Waals surface area contributed by atoms with Crippen LogP contribution < -0.4 is 15.4 Å². The third-order valence-electron chi connectivity index (χ3n) is 2.95. The lowest BCUT2D eigenvalue weighted by Crippen LogP contribution is -2.31. The highest BCUT2D eigenvalue weighted by atomic mass is 19.4. The molecule has 0 bridgehead atoms. The lowest BCUT2D eigenvalue weighted by atomic mass is 10.2. The smallest absolute Gasteiger partial charge is 0.422 e. The number of rotatable bonds is 5. The van der Waals surface area contributed by atoms with Crippen molar-refractivity contribution in [1.29, 1.82) is 0 Å². The van der Waals surface area contributed by atoms with E-state index in [1.807, 2.05) is 0 Å². The van der Waals surface area contributed by atoms with Gasteiger partial charge in [-0.05, 0) is 13.0 Å². The predicted octanol–water partition coefficient (Wildman–Crippen LogP) is 2.64. The predicted molar refractivity (Wildman–Crippen MR) is 79.6 cm³/mol. The summed E-state index contributed by atoms with van der Waals surface area (Å²) in [5.41, 5.74) is 1.16. The number of anilines is 1. The van der Waals surface area contributed by atoms with Crippen molar-refractivity contribution in [3.63, 3.8) is 0 Å². The van der Waals surface area contributed by atoms with Crippen molar-refractivity contribution in [2.24, 2.45) is 7.05 Å². The summed E-state index contributed by atoms with van der Waals surface area (Å²) in [7, 11) is 1.77. The van der Waals surface area contributed by atoms with Crippen LogP contribution in [-0.2, 0) is 7.05 Å². The number of carbonyl (C=O) groups excluding carboxylic acids is 1. The summed E-state index contributed by atoms with van der Waals surface area (Å²) >= 11 is 0. The van der Waals surface area contributed by atoms with Gasteiger partial charge in [0.05, 0.1) is 24.1 Å². The number of nitrogens with one attached hydrogen (secondary N) is 2. The molecule has 1 atom stereocenters. The molecule has 130 valence electrons. The van der Waals surface area contributed by atoms with Crippen molar-refractivity contribution in [3.05, 3.63) is 36.3 Å². The number of aryl methyl sites for hydroxylation is 1. The Labute approximate surface area is 135 Å². The molecule has 0 spiro atoms. The molecular formula is C14H16F3N5O2. The number of hydrogen-bond donors (Lipinski definition) is 2. The SMILES string of the molecule is C[C@H](NC(=O)Nc1ccc(OCC(F)(F)F)nc1)c1cnn(C)c1. The van der Waals surface area contributed by atoms with Crippen LogP contribution in [0.3, 0.4) is 0 Å². The molecule has 0 aliphatic carbocycles. The monoisotopic (exact) mass is 343 g/mol. The quantitative estimate of drug-likeness (QED) is 0.874. The van der Waals surface area contributed by atoms with Crippen LogP contribution >= 0.6 is 0 Å². The second-order valence-electron chi connectivity index (χ2n) is 5.06. The number of pyridine rings is 1. The Hall–Kier alpha value is -2.78. The summed E-state index contributed by atoms with van der Waals surface area (Å²) in [5, 5.41) is 9.25. The van der Waals surface area contributed by atoms with Crippen molar-refractivity contribution in [3.8, 4) is 5.88 Å². The summed E-state index contributed by atoms with van der Waals surface area (Å²) < 4.78 is 42.2. The summed E-state index contributed by atoms with van der Waals surface area (Å²) in [4.78, 5) is 15.6. The molecule has 0 unspecified atom stereocenters. The molecule has 2 aromatic heterocycles. The van der Waals surface area contributed by atoms with Gasteiger partial charge in [0.2, 0.25) is 5.88 Å². The van der Waals surface area contributed by atoms with Crippen molar-refractivity contribution in [2.45, 2.75) is 19.1 Å². The second-order valence-corrected chi connectivity index (χ2v) is 5.06. The van der Waals surface area contributed by atoms with Crippen LogP contribution in [0.5, 0.6) is 5.88 Å². The Morgan fingerprint density at radius 2 is 2.12 bits per heavy atom.